The fourth-order valence-electron chi connectivity index (χ4n) is 3.50. The first-order valence-electron chi connectivity index (χ1n) is 7.79. The maximum atomic E-state index is 12.8. The number of halogens is 3. The van der Waals surface area contributed by atoms with Gasteiger partial charge in [-0.2, -0.15) is 13.2 Å². The van der Waals surface area contributed by atoms with Crippen molar-refractivity contribution in [3.05, 3.63) is 0 Å². The van der Waals surface area contributed by atoms with Gasteiger partial charge in [-0.3, -0.25) is 4.79 Å². The molecule has 3 unspecified atom stereocenters. The number of nitrogens with zero attached hydrogens (tertiary/aromatic N) is 1. The molecule has 6 heteroatoms. The van der Waals surface area contributed by atoms with E-state index in [2.05, 4.69) is 0 Å². The van der Waals surface area contributed by atoms with Gasteiger partial charge in [-0.25, -0.2) is 0 Å². The Morgan fingerprint density at radius 3 is 2.48 bits per heavy atom. The van der Waals surface area contributed by atoms with Crippen molar-refractivity contribution in [1.29, 1.82) is 0 Å². The second kappa shape index (κ2) is 5.78. The van der Waals surface area contributed by atoms with Gasteiger partial charge in [0.25, 0.3) is 0 Å². The van der Waals surface area contributed by atoms with Crippen molar-refractivity contribution >= 4 is 5.91 Å². The number of hydrogen-bond donors (Lipinski definition) is 1. The minimum Gasteiger partial charge on any atom is -0.329 e. The molecule has 2 aliphatic rings. The van der Waals surface area contributed by atoms with Gasteiger partial charge in [-0.05, 0) is 44.4 Å². The smallest absolute Gasteiger partial charge is 0.329 e. The van der Waals surface area contributed by atoms with E-state index in [0.29, 0.717) is 12.8 Å². The van der Waals surface area contributed by atoms with Crippen molar-refractivity contribution in [2.24, 2.45) is 17.6 Å². The number of nitrogens with two attached hydrogens (primary N) is 1. The SMILES string of the molecule is CC1CCCC(N)(C(=O)N(CC(F)(F)F)C(C)C2CC2)C1. The largest absolute Gasteiger partial charge is 0.406 e. The summed E-state index contributed by atoms with van der Waals surface area (Å²) in [6, 6.07) is -0.378. The highest BCUT2D eigenvalue weighted by atomic mass is 19.4. The van der Waals surface area contributed by atoms with Crippen LogP contribution in [0.1, 0.15) is 52.4 Å². The van der Waals surface area contributed by atoms with Gasteiger partial charge in [-0.15, -0.1) is 0 Å². The van der Waals surface area contributed by atoms with Gasteiger partial charge >= 0.3 is 6.18 Å². The van der Waals surface area contributed by atoms with Crippen LogP contribution in [0.5, 0.6) is 0 Å². The normalized spacial score (nSPS) is 31.8. The molecule has 0 radical (unpaired) electrons. The molecule has 2 aliphatic carbocycles. The number of amides is 1. The third kappa shape index (κ3) is 4.11. The number of rotatable bonds is 4. The lowest BCUT2D eigenvalue weighted by atomic mass is 9.76. The van der Waals surface area contributed by atoms with Crippen molar-refractivity contribution in [2.45, 2.75) is 70.1 Å². The summed E-state index contributed by atoms with van der Waals surface area (Å²) < 4.78 is 38.5. The molecular weight excluding hydrogens is 281 g/mol. The quantitative estimate of drug-likeness (QED) is 0.867. The lowest BCUT2D eigenvalue weighted by Gasteiger charge is -2.41. The van der Waals surface area contributed by atoms with Gasteiger partial charge in [-0.1, -0.05) is 19.8 Å². The first kappa shape index (κ1) is 16.6. The average molecular weight is 306 g/mol. The van der Waals surface area contributed by atoms with Crippen LogP contribution < -0.4 is 5.73 Å². The van der Waals surface area contributed by atoms with Crippen LogP contribution in [0.3, 0.4) is 0 Å². The van der Waals surface area contributed by atoms with Crippen molar-refractivity contribution in [3.8, 4) is 0 Å². The molecule has 0 spiro atoms. The minimum absolute atomic E-state index is 0.195. The van der Waals surface area contributed by atoms with E-state index in [1.54, 1.807) is 6.92 Å². The summed E-state index contributed by atoms with van der Waals surface area (Å²) >= 11 is 0. The lowest BCUT2D eigenvalue weighted by Crippen LogP contribution is -2.60. The molecule has 2 saturated carbocycles. The summed E-state index contributed by atoms with van der Waals surface area (Å²) in [7, 11) is 0. The summed E-state index contributed by atoms with van der Waals surface area (Å²) in [4.78, 5) is 13.7. The summed E-state index contributed by atoms with van der Waals surface area (Å²) in [5, 5.41) is 0. The lowest BCUT2D eigenvalue weighted by molar-refractivity contribution is -0.170. The highest BCUT2D eigenvalue weighted by Crippen LogP contribution is 2.39. The Balaban J connectivity index is 2.16. The molecule has 0 aromatic carbocycles. The molecule has 2 N–H and O–H groups in total. The molecule has 3 nitrogen and oxygen atoms in total. The highest BCUT2D eigenvalue weighted by molar-refractivity contribution is 5.86. The molecule has 21 heavy (non-hydrogen) atoms. The number of hydrogen-bond acceptors (Lipinski definition) is 2. The van der Waals surface area contributed by atoms with Gasteiger partial charge in [0, 0.05) is 6.04 Å². The maximum absolute atomic E-state index is 12.8. The van der Waals surface area contributed by atoms with E-state index in [4.69, 9.17) is 5.73 Å². The van der Waals surface area contributed by atoms with Crippen LogP contribution in [-0.2, 0) is 4.79 Å². The van der Waals surface area contributed by atoms with Crippen LogP contribution in [0.15, 0.2) is 0 Å². The fraction of sp³-hybridized carbons (Fsp3) is 0.933. The fourth-order valence-corrected chi connectivity index (χ4v) is 3.50. The molecule has 1 amide bonds. The molecule has 2 rings (SSSR count). The van der Waals surface area contributed by atoms with E-state index in [0.717, 1.165) is 30.6 Å². The van der Waals surface area contributed by atoms with Crippen LogP contribution in [0.4, 0.5) is 13.2 Å². The average Bonchev–Trinajstić information content (AvgIpc) is 3.17. The van der Waals surface area contributed by atoms with Crippen molar-refractivity contribution in [3.63, 3.8) is 0 Å². The highest BCUT2D eigenvalue weighted by Gasteiger charge is 2.47. The van der Waals surface area contributed by atoms with Crippen LogP contribution >= 0.6 is 0 Å². The standard InChI is InChI=1S/C15H25F3N2O/c1-10-4-3-7-14(19,8-10)13(21)20(9-15(16,17)18)11(2)12-5-6-12/h10-12H,3-9,19H2,1-2H3. The van der Waals surface area contributed by atoms with Gasteiger partial charge in [0.2, 0.25) is 5.91 Å². The summed E-state index contributed by atoms with van der Waals surface area (Å²) in [5.74, 6) is -0.0247. The number of carbonyl (C=O) groups is 1. The third-order valence-electron chi connectivity index (χ3n) is 4.86. The zero-order valence-corrected chi connectivity index (χ0v) is 12.7. The van der Waals surface area contributed by atoms with Gasteiger partial charge < -0.3 is 10.6 Å². The molecule has 3 atom stereocenters. The van der Waals surface area contributed by atoms with Crippen LogP contribution in [0.25, 0.3) is 0 Å². The maximum Gasteiger partial charge on any atom is 0.406 e. The molecule has 2 fully saturated rings. The Kier molecular flexibility index (Phi) is 4.57. The molecule has 122 valence electrons. The monoisotopic (exact) mass is 306 g/mol. The molecule has 0 bridgehead atoms. The number of carbonyl (C=O) groups excluding carboxylic acids is 1. The predicted octanol–water partition coefficient (Wildman–Crippen LogP) is 3.08. The third-order valence-corrected chi connectivity index (χ3v) is 4.86. The van der Waals surface area contributed by atoms with E-state index in [1.807, 2.05) is 6.92 Å². The molecule has 0 saturated heterocycles. The second-order valence-corrected chi connectivity index (χ2v) is 6.98. The van der Waals surface area contributed by atoms with E-state index in [1.165, 1.54) is 0 Å². The zero-order valence-electron chi connectivity index (χ0n) is 12.7. The van der Waals surface area contributed by atoms with Gasteiger partial charge in [0.15, 0.2) is 0 Å². The van der Waals surface area contributed by atoms with E-state index < -0.39 is 24.2 Å². The summed E-state index contributed by atoms with van der Waals surface area (Å²) in [6.45, 7) is 2.54. The topological polar surface area (TPSA) is 46.3 Å². The first-order chi connectivity index (χ1) is 9.62. The summed E-state index contributed by atoms with van der Waals surface area (Å²) in [6.07, 6.45) is 0.188. The van der Waals surface area contributed by atoms with Crippen LogP contribution in [0.2, 0.25) is 0 Å². The van der Waals surface area contributed by atoms with Crippen molar-refractivity contribution < 1.29 is 18.0 Å². The van der Waals surface area contributed by atoms with E-state index >= 15 is 0 Å². The van der Waals surface area contributed by atoms with Crippen LogP contribution in [-0.4, -0.2) is 35.1 Å². The molecule has 0 aromatic rings. The summed E-state index contributed by atoms with van der Waals surface area (Å²) in [5.41, 5.74) is 5.09. The first-order valence-corrected chi connectivity index (χ1v) is 7.79. The molecule has 0 heterocycles. The Morgan fingerprint density at radius 2 is 2.00 bits per heavy atom. The second-order valence-electron chi connectivity index (χ2n) is 6.98. The molecule has 0 aliphatic heterocycles. The molecular formula is C15H25F3N2O. The number of alkyl halides is 3. The van der Waals surface area contributed by atoms with Crippen LogP contribution in [0, 0.1) is 11.8 Å². The predicted molar refractivity (Wildman–Crippen MR) is 74.5 cm³/mol. The minimum atomic E-state index is -4.38. The van der Waals surface area contributed by atoms with E-state index in [9.17, 15) is 18.0 Å². The van der Waals surface area contributed by atoms with Crippen molar-refractivity contribution in [2.75, 3.05) is 6.54 Å². The van der Waals surface area contributed by atoms with Gasteiger partial charge in [0.1, 0.15) is 6.54 Å². The Bertz CT molecular complexity index is 395. The zero-order chi connectivity index (χ0) is 15.8. The van der Waals surface area contributed by atoms with E-state index in [-0.39, 0.29) is 17.9 Å². The Labute approximate surface area is 124 Å². The molecule has 0 aromatic heterocycles. The van der Waals surface area contributed by atoms with Crippen molar-refractivity contribution in [1.82, 2.24) is 4.90 Å². The Morgan fingerprint density at radius 1 is 1.38 bits per heavy atom. The van der Waals surface area contributed by atoms with Gasteiger partial charge in [0.05, 0.1) is 5.54 Å². The Hall–Kier alpha value is -0.780.